The first-order valence-electron chi connectivity index (χ1n) is 6.02. The van der Waals surface area contributed by atoms with Crippen molar-refractivity contribution in [3.63, 3.8) is 0 Å². The fraction of sp³-hybridized carbons (Fsp3) is 0.385. The Kier molecular flexibility index (Phi) is 5.42. The minimum Gasteiger partial charge on any atom is -0.480 e. The summed E-state index contributed by atoms with van der Waals surface area (Å²) in [6.45, 7) is 3.44. The number of aliphatic carboxylic acids is 1. The molecule has 0 aliphatic carbocycles. The van der Waals surface area contributed by atoms with Crippen LogP contribution < -0.4 is 5.32 Å². The summed E-state index contributed by atoms with van der Waals surface area (Å²) < 4.78 is 25.8. The summed E-state index contributed by atoms with van der Waals surface area (Å²) in [5.74, 6) is -3.18. The van der Waals surface area contributed by atoms with Crippen LogP contribution in [0.15, 0.2) is 18.2 Å². The number of benzene rings is 1. The molecule has 2 amide bonds. The van der Waals surface area contributed by atoms with E-state index in [0.717, 1.165) is 17.0 Å². The number of carbonyl (C=O) groups excluding carboxylic acids is 1. The number of hydrogen-bond acceptors (Lipinski definition) is 2. The maximum Gasteiger partial charge on any atom is 0.323 e. The molecule has 5 nitrogen and oxygen atoms in total. The highest BCUT2D eigenvalue weighted by atomic mass is 19.2. The van der Waals surface area contributed by atoms with Crippen LogP contribution in [0, 0.1) is 17.6 Å². The van der Waals surface area contributed by atoms with Gasteiger partial charge in [0.25, 0.3) is 0 Å². The lowest BCUT2D eigenvalue weighted by Crippen LogP contribution is -2.40. The van der Waals surface area contributed by atoms with Gasteiger partial charge in [-0.05, 0) is 18.1 Å². The number of hydrogen-bond donors (Lipinski definition) is 2. The molecule has 0 radical (unpaired) electrons. The highest BCUT2D eigenvalue weighted by Crippen LogP contribution is 2.14. The maximum absolute atomic E-state index is 13.0. The Hall–Kier alpha value is -2.18. The van der Waals surface area contributed by atoms with Gasteiger partial charge in [0.1, 0.15) is 6.54 Å². The molecule has 7 heteroatoms. The van der Waals surface area contributed by atoms with Gasteiger partial charge in [-0.25, -0.2) is 13.6 Å². The van der Waals surface area contributed by atoms with Crippen LogP contribution in [0.4, 0.5) is 19.3 Å². The molecule has 1 rings (SSSR count). The molecule has 0 saturated carbocycles. The first kappa shape index (κ1) is 15.9. The van der Waals surface area contributed by atoms with Gasteiger partial charge in [0.05, 0.1) is 0 Å². The number of halogens is 2. The van der Waals surface area contributed by atoms with Crippen LogP contribution in [0.2, 0.25) is 0 Å². The number of anilines is 1. The van der Waals surface area contributed by atoms with Gasteiger partial charge in [0, 0.05) is 18.3 Å². The zero-order chi connectivity index (χ0) is 15.3. The molecular weight excluding hydrogens is 270 g/mol. The van der Waals surface area contributed by atoms with Gasteiger partial charge in [0.15, 0.2) is 11.6 Å². The average Bonchev–Trinajstić information content (AvgIpc) is 2.32. The molecule has 1 aromatic rings. The third-order valence-electron chi connectivity index (χ3n) is 2.37. The molecule has 0 fully saturated rings. The minimum absolute atomic E-state index is 0.0630. The topological polar surface area (TPSA) is 69.6 Å². The molecular formula is C13H16F2N2O3. The van der Waals surface area contributed by atoms with Crippen LogP contribution >= 0.6 is 0 Å². The third-order valence-corrected chi connectivity index (χ3v) is 2.37. The van der Waals surface area contributed by atoms with E-state index in [0.29, 0.717) is 0 Å². The second-order valence-electron chi connectivity index (χ2n) is 4.73. The highest BCUT2D eigenvalue weighted by Gasteiger charge is 2.18. The number of amides is 2. The van der Waals surface area contributed by atoms with Crippen molar-refractivity contribution in [3.05, 3.63) is 29.8 Å². The second-order valence-corrected chi connectivity index (χ2v) is 4.73. The van der Waals surface area contributed by atoms with Crippen molar-refractivity contribution in [2.24, 2.45) is 5.92 Å². The predicted molar refractivity (Wildman–Crippen MR) is 69.4 cm³/mol. The number of nitrogens with one attached hydrogen (secondary N) is 1. The van der Waals surface area contributed by atoms with E-state index in [1.54, 1.807) is 0 Å². The molecule has 0 saturated heterocycles. The van der Waals surface area contributed by atoms with Gasteiger partial charge < -0.3 is 15.3 Å². The van der Waals surface area contributed by atoms with Gasteiger partial charge in [-0.1, -0.05) is 13.8 Å². The molecule has 0 heterocycles. The standard InChI is InChI=1S/C13H16F2N2O3/c1-8(2)6-17(7-12(18)19)13(20)16-9-3-4-10(14)11(15)5-9/h3-5,8H,6-7H2,1-2H3,(H,16,20)(H,18,19). The van der Waals surface area contributed by atoms with Crippen molar-refractivity contribution in [1.82, 2.24) is 4.90 Å². The smallest absolute Gasteiger partial charge is 0.323 e. The molecule has 0 aromatic heterocycles. The van der Waals surface area contributed by atoms with E-state index >= 15 is 0 Å². The van der Waals surface area contributed by atoms with Crippen molar-refractivity contribution in [1.29, 1.82) is 0 Å². The molecule has 0 spiro atoms. The van der Waals surface area contributed by atoms with E-state index in [1.807, 2.05) is 13.8 Å². The van der Waals surface area contributed by atoms with E-state index in [4.69, 9.17) is 5.11 Å². The van der Waals surface area contributed by atoms with E-state index in [2.05, 4.69) is 5.32 Å². The molecule has 110 valence electrons. The van der Waals surface area contributed by atoms with Gasteiger partial charge >= 0.3 is 12.0 Å². The van der Waals surface area contributed by atoms with Gasteiger partial charge in [-0.3, -0.25) is 4.79 Å². The lowest BCUT2D eigenvalue weighted by molar-refractivity contribution is -0.137. The van der Waals surface area contributed by atoms with Crippen molar-refractivity contribution in [2.75, 3.05) is 18.4 Å². The Morgan fingerprint density at radius 2 is 1.95 bits per heavy atom. The van der Waals surface area contributed by atoms with Crippen LogP contribution in [0.5, 0.6) is 0 Å². The summed E-state index contributed by atoms with van der Waals surface area (Å²) in [6.07, 6.45) is 0. The third kappa shape index (κ3) is 4.83. The fourth-order valence-corrected chi connectivity index (χ4v) is 1.60. The summed E-state index contributed by atoms with van der Waals surface area (Å²) in [6, 6.07) is 2.24. The van der Waals surface area contributed by atoms with Gasteiger partial charge in [0.2, 0.25) is 0 Å². The van der Waals surface area contributed by atoms with Crippen LogP contribution in [0.3, 0.4) is 0 Å². The molecule has 0 atom stereocenters. The predicted octanol–water partition coefficient (Wildman–Crippen LogP) is 2.54. The molecule has 20 heavy (non-hydrogen) atoms. The van der Waals surface area contributed by atoms with Crippen molar-refractivity contribution in [3.8, 4) is 0 Å². The number of carboxylic acid groups (broad SMARTS) is 1. The Morgan fingerprint density at radius 1 is 1.30 bits per heavy atom. The number of carboxylic acids is 1. The number of carbonyl (C=O) groups is 2. The number of urea groups is 1. The monoisotopic (exact) mass is 286 g/mol. The highest BCUT2D eigenvalue weighted by molar-refractivity contribution is 5.91. The molecule has 2 N–H and O–H groups in total. The van der Waals surface area contributed by atoms with E-state index < -0.39 is 30.2 Å². The van der Waals surface area contributed by atoms with E-state index in [-0.39, 0.29) is 18.2 Å². The molecule has 0 unspecified atom stereocenters. The summed E-state index contributed by atoms with van der Waals surface area (Å²) in [4.78, 5) is 23.7. The largest absolute Gasteiger partial charge is 0.480 e. The van der Waals surface area contributed by atoms with Crippen molar-refractivity contribution >= 4 is 17.7 Å². The summed E-state index contributed by atoms with van der Waals surface area (Å²) in [5, 5.41) is 11.1. The van der Waals surface area contributed by atoms with Crippen LogP contribution in [-0.4, -0.2) is 35.1 Å². The average molecular weight is 286 g/mol. The van der Waals surface area contributed by atoms with Crippen molar-refractivity contribution in [2.45, 2.75) is 13.8 Å². The Labute approximate surface area is 115 Å². The number of nitrogens with zero attached hydrogens (tertiary/aromatic N) is 1. The minimum atomic E-state index is -1.15. The lowest BCUT2D eigenvalue weighted by atomic mass is 10.2. The molecule has 0 bridgehead atoms. The van der Waals surface area contributed by atoms with Gasteiger partial charge in [-0.2, -0.15) is 0 Å². The van der Waals surface area contributed by atoms with Gasteiger partial charge in [-0.15, -0.1) is 0 Å². The summed E-state index contributed by atoms with van der Waals surface area (Å²) >= 11 is 0. The summed E-state index contributed by atoms with van der Waals surface area (Å²) in [7, 11) is 0. The van der Waals surface area contributed by atoms with Crippen LogP contribution in [0.1, 0.15) is 13.8 Å². The first-order chi connectivity index (χ1) is 9.29. The maximum atomic E-state index is 13.0. The first-order valence-corrected chi connectivity index (χ1v) is 6.02. The number of rotatable bonds is 5. The Balaban J connectivity index is 2.78. The van der Waals surface area contributed by atoms with Crippen molar-refractivity contribution < 1.29 is 23.5 Å². The second kappa shape index (κ2) is 6.83. The van der Waals surface area contributed by atoms with E-state index in [1.165, 1.54) is 6.07 Å². The lowest BCUT2D eigenvalue weighted by Gasteiger charge is -2.23. The van der Waals surface area contributed by atoms with Crippen LogP contribution in [-0.2, 0) is 4.79 Å². The summed E-state index contributed by atoms with van der Waals surface area (Å²) in [5.41, 5.74) is 0.0630. The SMILES string of the molecule is CC(C)CN(CC(=O)O)C(=O)Nc1ccc(F)c(F)c1. The quantitative estimate of drug-likeness (QED) is 0.874. The van der Waals surface area contributed by atoms with E-state index in [9.17, 15) is 18.4 Å². The molecule has 1 aromatic carbocycles. The Bertz CT molecular complexity index is 506. The zero-order valence-electron chi connectivity index (χ0n) is 11.2. The zero-order valence-corrected chi connectivity index (χ0v) is 11.2. The van der Waals surface area contributed by atoms with Crippen LogP contribution in [0.25, 0.3) is 0 Å². The Morgan fingerprint density at radius 3 is 2.45 bits per heavy atom. The normalized spacial score (nSPS) is 10.4. The molecule has 0 aliphatic heterocycles. The molecule has 0 aliphatic rings. The fourth-order valence-electron chi connectivity index (χ4n) is 1.60.